The summed E-state index contributed by atoms with van der Waals surface area (Å²) in [5, 5.41) is 14.3. The smallest absolute Gasteiger partial charge is 0.314 e. The van der Waals surface area contributed by atoms with Crippen LogP contribution in [0.3, 0.4) is 0 Å². The number of hydrogen-bond acceptors (Lipinski definition) is 3. The molecule has 3 N–H and O–H groups in total. The molecule has 6 nitrogen and oxygen atoms in total. The fourth-order valence-corrected chi connectivity index (χ4v) is 2.24. The zero-order chi connectivity index (χ0) is 14.3. The molecule has 1 fully saturated rings. The maximum Gasteiger partial charge on any atom is 0.314 e. The Balaban J connectivity index is 2.18. The topological polar surface area (TPSA) is 81.7 Å². The summed E-state index contributed by atoms with van der Waals surface area (Å²) < 4.78 is 0. The molecule has 19 heavy (non-hydrogen) atoms. The lowest BCUT2D eigenvalue weighted by atomic mass is 10.1. The summed E-state index contributed by atoms with van der Waals surface area (Å²) in [5.41, 5.74) is 0. The number of amides is 2. The summed E-state index contributed by atoms with van der Waals surface area (Å²) in [6.07, 6.45) is 2.97. The SMILES string of the molecule is CCC(CNC(=O)NCC(C)N1CCCC1)C(=O)O. The van der Waals surface area contributed by atoms with Crippen LogP contribution in [0.1, 0.15) is 33.1 Å². The number of rotatable bonds is 7. The summed E-state index contributed by atoms with van der Waals surface area (Å²) in [4.78, 5) is 24.7. The van der Waals surface area contributed by atoms with Gasteiger partial charge in [-0.25, -0.2) is 4.79 Å². The van der Waals surface area contributed by atoms with Crippen molar-refractivity contribution in [1.29, 1.82) is 0 Å². The van der Waals surface area contributed by atoms with Crippen LogP contribution in [0.4, 0.5) is 4.79 Å². The van der Waals surface area contributed by atoms with Gasteiger partial charge in [0, 0.05) is 19.1 Å². The second-order valence-corrected chi connectivity index (χ2v) is 5.13. The molecular formula is C13H25N3O3. The molecule has 2 amide bonds. The number of carboxylic acid groups (broad SMARTS) is 1. The molecule has 0 saturated carbocycles. The zero-order valence-electron chi connectivity index (χ0n) is 11.8. The molecule has 6 heteroatoms. The third-order valence-electron chi connectivity index (χ3n) is 3.67. The summed E-state index contributed by atoms with van der Waals surface area (Å²) in [6.45, 7) is 6.86. The highest BCUT2D eigenvalue weighted by Crippen LogP contribution is 2.10. The molecular weight excluding hydrogens is 246 g/mol. The van der Waals surface area contributed by atoms with Crippen LogP contribution in [0.2, 0.25) is 0 Å². The van der Waals surface area contributed by atoms with E-state index in [2.05, 4.69) is 22.5 Å². The van der Waals surface area contributed by atoms with Crippen molar-refractivity contribution < 1.29 is 14.7 Å². The van der Waals surface area contributed by atoms with Crippen molar-refractivity contribution in [2.75, 3.05) is 26.2 Å². The van der Waals surface area contributed by atoms with Gasteiger partial charge < -0.3 is 15.7 Å². The average Bonchev–Trinajstić information content (AvgIpc) is 2.90. The van der Waals surface area contributed by atoms with Crippen molar-refractivity contribution >= 4 is 12.0 Å². The third-order valence-corrected chi connectivity index (χ3v) is 3.67. The maximum atomic E-state index is 11.6. The second-order valence-electron chi connectivity index (χ2n) is 5.13. The van der Waals surface area contributed by atoms with Gasteiger partial charge in [0.25, 0.3) is 0 Å². The van der Waals surface area contributed by atoms with E-state index in [4.69, 9.17) is 5.11 Å². The fourth-order valence-electron chi connectivity index (χ4n) is 2.24. The van der Waals surface area contributed by atoms with Crippen LogP contribution in [-0.2, 0) is 4.79 Å². The van der Waals surface area contributed by atoms with E-state index in [9.17, 15) is 9.59 Å². The molecule has 110 valence electrons. The molecule has 0 bridgehead atoms. The Labute approximate surface area is 114 Å². The van der Waals surface area contributed by atoms with Gasteiger partial charge in [-0.05, 0) is 39.3 Å². The number of carboxylic acids is 1. The first-order valence-corrected chi connectivity index (χ1v) is 7.03. The van der Waals surface area contributed by atoms with Gasteiger partial charge in [0.05, 0.1) is 5.92 Å². The number of nitrogens with zero attached hydrogens (tertiary/aromatic N) is 1. The van der Waals surface area contributed by atoms with Gasteiger partial charge in [0.1, 0.15) is 0 Å². The lowest BCUT2D eigenvalue weighted by molar-refractivity contribution is -0.141. The molecule has 0 aromatic rings. The average molecular weight is 271 g/mol. The molecule has 1 rings (SSSR count). The zero-order valence-corrected chi connectivity index (χ0v) is 11.8. The first kappa shape index (κ1) is 15.8. The summed E-state index contributed by atoms with van der Waals surface area (Å²) >= 11 is 0. The Morgan fingerprint density at radius 2 is 1.79 bits per heavy atom. The van der Waals surface area contributed by atoms with E-state index >= 15 is 0 Å². The Hall–Kier alpha value is -1.30. The molecule has 1 aliphatic heterocycles. The summed E-state index contributed by atoms with van der Waals surface area (Å²) in [6, 6.07) is 0.0421. The molecule has 1 aliphatic rings. The molecule has 1 saturated heterocycles. The van der Waals surface area contributed by atoms with Crippen LogP contribution in [-0.4, -0.2) is 54.2 Å². The largest absolute Gasteiger partial charge is 0.481 e. The van der Waals surface area contributed by atoms with Gasteiger partial charge in [-0.15, -0.1) is 0 Å². The van der Waals surface area contributed by atoms with E-state index in [1.165, 1.54) is 12.8 Å². The van der Waals surface area contributed by atoms with Crippen molar-refractivity contribution in [1.82, 2.24) is 15.5 Å². The fraction of sp³-hybridized carbons (Fsp3) is 0.846. The minimum atomic E-state index is -0.867. The summed E-state index contributed by atoms with van der Waals surface area (Å²) in [5.74, 6) is -1.38. The van der Waals surface area contributed by atoms with Crippen LogP contribution in [0.15, 0.2) is 0 Å². The van der Waals surface area contributed by atoms with E-state index < -0.39 is 11.9 Å². The van der Waals surface area contributed by atoms with Gasteiger partial charge in [0.15, 0.2) is 0 Å². The number of likely N-dealkylation sites (tertiary alicyclic amines) is 1. The molecule has 2 unspecified atom stereocenters. The highest BCUT2D eigenvalue weighted by molar-refractivity contribution is 5.75. The molecule has 0 aromatic carbocycles. The maximum absolute atomic E-state index is 11.6. The van der Waals surface area contributed by atoms with Crippen molar-refractivity contribution in [3.8, 4) is 0 Å². The minimum Gasteiger partial charge on any atom is -0.481 e. The Kier molecular flexibility index (Phi) is 6.62. The highest BCUT2D eigenvalue weighted by atomic mass is 16.4. The number of carbonyl (C=O) groups is 2. The predicted octanol–water partition coefficient (Wildman–Crippen LogP) is 0.881. The van der Waals surface area contributed by atoms with Gasteiger partial charge in [-0.3, -0.25) is 9.69 Å². The first-order chi connectivity index (χ1) is 9.04. The minimum absolute atomic E-state index is 0.176. The number of nitrogens with one attached hydrogen (secondary N) is 2. The quantitative estimate of drug-likeness (QED) is 0.642. The summed E-state index contributed by atoms with van der Waals surface area (Å²) in [7, 11) is 0. The van der Waals surface area contributed by atoms with Gasteiger partial charge in [-0.1, -0.05) is 6.92 Å². The van der Waals surface area contributed by atoms with Crippen LogP contribution in [0, 0.1) is 5.92 Å². The van der Waals surface area contributed by atoms with Crippen LogP contribution in [0.5, 0.6) is 0 Å². The number of aliphatic carboxylic acids is 1. The molecule has 0 aromatic heterocycles. The monoisotopic (exact) mass is 271 g/mol. The molecule has 2 atom stereocenters. The Morgan fingerprint density at radius 3 is 2.32 bits per heavy atom. The second kappa shape index (κ2) is 7.99. The predicted molar refractivity (Wildman–Crippen MR) is 73.1 cm³/mol. The number of hydrogen-bond donors (Lipinski definition) is 3. The van der Waals surface area contributed by atoms with E-state index in [-0.39, 0.29) is 12.6 Å². The van der Waals surface area contributed by atoms with Gasteiger partial charge in [-0.2, -0.15) is 0 Å². The van der Waals surface area contributed by atoms with E-state index in [0.717, 1.165) is 13.1 Å². The molecule has 0 aliphatic carbocycles. The van der Waals surface area contributed by atoms with Crippen molar-refractivity contribution in [3.63, 3.8) is 0 Å². The van der Waals surface area contributed by atoms with Crippen molar-refractivity contribution in [2.24, 2.45) is 5.92 Å². The van der Waals surface area contributed by atoms with E-state index in [1.54, 1.807) is 6.92 Å². The molecule has 0 radical (unpaired) electrons. The lowest BCUT2D eigenvalue weighted by Gasteiger charge is -2.24. The lowest BCUT2D eigenvalue weighted by Crippen LogP contribution is -2.45. The van der Waals surface area contributed by atoms with Crippen molar-refractivity contribution in [3.05, 3.63) is 0 Å². The molecule has 1 heterocycles. The van der Waals surface area contributed by atoms with Gasteiger partial charge in [0.2, 0.25) is 0 Å². The van der Waals surface area contributed by atoms with Gasteiger partial charge >= 0.3 is 12.0 Å². The van der Waals surface area contributed by atoms with Crippen LogP contribution >= 0.6 is 0 Å². The molecule has 0 spiro atoms. The first-order valence-electron chi connectivity index (χ1n) is 7.03. The number of carbonyl (C=O) groups excluding carboxylic acids is 1. The van der Waals surface area contributed by atoms with Crippen LogP contribution in [0.25, 0.3) is 0 Å². The standard InChI is InChI=1S/C13H25N3O3/c1-3-11(12(17)18)9-15-13(19)14-8-10(2)16-6-4-5-7-16/h10-11H,3-9H2,1-2H3,(H,17,18)(H2,14,15,19). The Bertz CT molecular complexity index is 304. The van der Waals surface area contributed by atoms with E-state index in [1.807, 2.05) is 0 Å². The van der Waals surface area contributed by atoms with Crippen molar-refractivity contribution in [2.45, 2.75) is 39.2 Å². The Morgan fingerprint density at radius 1 is 1.21 bits per heavy atom. The number of urea groups is 1. The highest BCUT2D eigenvalue weighted by Gasteiger charge is 2.19. The van der Waals surface area contributed by atoms with Crippen LogP contribution < -0.4 is 10.6 Å². The normalized spacial score (nSPS) is 18.8. The van der Waals surface area contributed by atoms with E-state index in [0.29, 0.717) is 19.0 Å². The third kappa shape index (κ3) is 5.46.